The van der Waals surface area contributed by atoms with E-state index >= 15 is 0 Å². The highest BCUT2D eigenvalue weighted by Gasteiger charge is 2.31. The number of benzene rings is 1. The Kier molecular flexibility index (Phi) is 5.18. The van der Waals surface area contributed by atoms with Crippen molar-refractivity contribution < 1.29 is 14.3 Å². The molecule has 2 fully saturated rings. The van der Waals surface area contributed by atoms with Gasteiger partial charge in [-0.2, -0.15) is 5.10 Å². The van der Waals surface area contributed by atoms with Crippen molar-refractivity contribution in [3.05, 3.63) is 41.7 Å². The van der Waals surface area contributed by atoms with Crippen LogP contribution in [0.4, 0.5) is 10.5 Å². The predicted octanol–water partition coefficient (Wildman–Crippen LogP) is 2.72. The van der Waals surface area contributed by atoms with Crippen LogP contribution in [0, 0.1) is 0 Å². The SMILES string of the molecule is COc1ccc(C(=O)Nc2cn[nH]c2[C@@H]2CCCN(C(=O)NC3CC3)C2)cc1. The van der Waals surface area contributed by atoms with Crippen LogP contribution < -0.4 is 15.4 Å². The Morgan fingerprint density at radius 1 is 1.21 bits per heavy atom. The highest BCUT2D eigenvalue weighted by Crippen LogP contribution is 2.31. The fourth-order valence-electron chi connectivity index (χ4n) is 3.53. The lowest BCUT2D eigenvalue weighted by Gasteiger charge is -2.32. The van der Waals surface area contributed by atoms with E-state index < -0.39 is 0 Å². The summed E-state index contributed by atoms with van der Waals surface area (Å²) in [6.07, 6.45) is 5.64. The standard InChI is InChI=1S/C20H25N5O3/c1-28-16-8-4-13(5-9-16)19(26)23-17-11-21-24-18(17)14-3-2-10-25(12-14)20(27)22-15-6-7-15/h4-5,8-9,11,14-15H,2-3,6-7,10,12H2,1H3,(H,21,24)(H,22,27)(H,23,26)/t14-/m1/s1. The van der Waals surface area contributed by atoms with Crippen molar-refractivity contribution in [2.24, 2.45) is 0 Å². The van der Waals surface area contributed by atoms with Gasteiger partial charge in [0.05, 0.1) is 24.7 Å². The van der Waals surface area contributed by atoms with E-state index in [-0.39, 0.29) is 17.9 Å². The molecule has 3 amide bonds. The lowest BCUT2D eigenvalue weighted by Crippen LogP contribution is -2.45. The van der Waals surface area contributed by atoms with Crippen molar-refractivity contribution in [3.63, 3.8) is 0 Å². The molecule has 148 valence electrons. The van der Waals surface area contributed by atoms with Crippen LogP contribution in [0.3, 0.4) is 0 Å². The van der Waals surface area contributed by atoms with Crippen LogP contribution in [0.15, 0.2) is 30.5 Å². The number of urea groups is 1. The molecule has 0 spiro atoms. The van der Waals surface area contributed by atoms with Gasteiger partial charge in [-0.1, -0.05) is 0 Å². The quantitative estimate of drug-likeness (QED) is 0.739. The second-order valence-corrected chi connectivity index (χ2v) is 7.39. The molecule has 2 heterocycles. The third kappa shape index (κ3) is 4.11. The summed E-state index contributed by atoms with van der Waals surface area (Å²) in [4.78, 5) is 26.8. The Morgan fingerprint density at radius 3 is 2.71 bits per heavy atom. The maximum atomic E-state index is 12.6. The van der Waals surface area contributed by atoms with Gasteiger partial charge in [-0.3, -0.25) is 9.89 Å². The average molecular weight is 383 g/mol. The van der Waals surface area contributed by atoms with E-state index in [1.807, 2.05) is 4.90 Å². The number of carbonyl (C=O) groups excluding carboxylic acids is 2. The minimum absolute atomic E-state index is 0.00975. The number of aromatic nitrogens is 2. The molecule has 1 saturated carbocycles. The number of ether oxygens (including phenoxy) is 1. The first-order valence-corrected chi connectivity index (χ1v) is 9.68. The van der Waals surface area contributed by atoms with Crippen LogP contribution in [0.25, 0.3) is 0 Å². The second-order valence-electron chi connectivity index (χ2n) is 7.39. The zero-order valence-corrected chi connectivity index (χ0v) is 15.9. The number of hydrogen-bond acceptors (Lipinski definition) is 4. The van der Waals surface area contributed by atoms with Gasteiger partial charge < -0.3 is 20.3 Å². The van der Waals surface area contributed by atoms with Crippen molar-refractivity contribution >= 4 is 17.6 Å². The van der Waals surface area contributed by atoms with Crippen molar-refractivity contribution in [2.45, 2.75) is 37.6 Å². The molecule has 0 unspecified atom stereocenters. The predicted molar refractivity (Wildman–Crippen MR) is 105 cm³/mol. The maximum absolute atomic E-state index is 12.6. The molecule has 1 aromatic heterocycles. The van der Waals surface area contributed by atoms with Crippen LogP contribution in [-0.2, 0) is 0 Å². The summed E-state index contributed by atoms with van der Waals surface area (Å²) >= 11 is 0. The number of aromatic amines is 1. The number of anilines is 1. The van der Waals surface area contributed by atoms with Crippen LogP contribution in [0.5, 0.6) is 5.75 Å². The molecule has 1 atom stereocenters. The first-order chi connectivity index (χ1) is 13.6. The van der Waals surface area contributed by atoms with Gasteiger partial charge in [-0.25, -0.2) is 4.79 Å². The van der Waals surface area contributed by atoms with Gasteiger partial charge in [-0.15, -0.1) is 0 Å². The van der Waals surface area contributed by atoms with Crippen LogP contribution in [-0.4, -0.2) is 53.3 Å². The number of methoxy groups -OCH3 is 1. The number of carbonyl (C=O) groups is 2. The lowest BCUT2D eigenvalue weighted by atomic mass is 9.94. The first-order valence-electron chi connectivity index (χ1n) is 9.68. The van der Waals surface area contributed by atoms with Gasteiger partial charge in [-0.05, 0) is 49.9 Å². The van der Waals surface area contributed by atoms with Gasteiger partial charge in [0.1, 0.15) is 5.75 Å². The van der Waals surface area contributed by atoms with Crippen LogP contribution in [0.1, 0.15) is 47.7 Å². The molecule has 28 heavy (non-hydrogen) atoms. The number of rotatable bonds is 5. The van der Waals surface area contributed by atoms with Crippen molar-refractivity contribution in [3.8, 4) is 5.75 Å². The number of likely N-dealkylation sites (tertiary alicyclic amines) is 1. The fraction of sp³-hybridized carbons (Fsp3) is 0.450. The summed E-state index contributed by atoms with van der Waals surface area (Å²) < 4.78 is 5.13. The third-order valence-electron chi connectivity index (χ3n) is 5.29. The van der Waals surface area contributed by atoms with Gasteiger partial charge in [0.25, 0.3) is 5.91 Å². The molecule has 1 aliphatic heterocycles. The highest BCUT2D eigenvalue weighted by atomic mass is 16.5. The first kappa shape index (κ1) is 18.3. The molecule has 1 saturated heterocycles. The number of nitrogens with zero attached hydrogens (tertiary/aromatic N) is 2. The minimum Gasteiger partial charge on any atom is -0.497 e. The van der Waals surface area contributed by atoms with Gasteiger partial charge >= 0.3 is 6.03 Å². The molecule has 2 aromatic rings. The highest BCUT2D eigenvalue weighted by molar-refractivity contribution is 6.04. The average Bonchev–Trinajstić information content (AvgIpc) is 3.43. The normalized spacial score (nSPS) is 19.2. The molecule has 2 aliphatic rings. The smallest absolute Gasteiger partial charge is 0.317 e. The number of amides is 3. The summed E-state index contributed by atoms with van der Waals surface area (Å²) in [6, 6.07) is 7.30. The minimum atomic E-state index is -0.204. The Morgan fingerprint density at radius 2 is 2.00 bits per heavy atom. The Labute approximate surface area is 163 Å². The molecule has 1 aliphatic carbocycles. The summed E-state index contributed by atoms with van der Waals surface area (Å²) in [5.74, 6) is 0.615. The van der Waals surface area contributed by atoms with Crippen LogP contribution >= 0.6 is 0 Å². The largest absolute Gasteiger partial charge is 0.497 e. The lowest BCUT2D eigenvalue weighted by molar-refractivity contribution is 0.102. The zero-order chi connectivity index (χ0) is 19.5. The molecule has 4 rings (SSSR count). The number of piperidine rings is 1. The molecule has 0 bridgehead atoms. The zero-order valence-electron chi connectivity index (χ0n) is 15.9. The Bertz CT molecular complexity index is 844. The van der Waals surface area contributed by atoms with E-state index in [1.165, 1.54) is 0 Å². The number of hydrogen-bond donors (Lipinski definition) is 3. The summed E-state index contributed by atoms with van der Waals surface area (Å²) in [7, 11) is 1.59. The third-order valence-corrected chi connectivity index (χ3v) is 5.29. The topological polar surface area (TPSA) is 99.3 Å². The van der Waals surface area contributed by atoms with Gasteiger partial charge in [0, 0.05) is 30.6 Å². The second kappa shape index (κ2) is 7.92. The Balaban J connectivity index is 1.42. The van der Waals surface area contributed by atoms with E-state index in [1.54, 1.807) is 37.6 Å². The van der Waals surface area contributed by atoms with Crippen molar-refractivity contribution in [2.75, 3.05) is 25.5 Å². The Hall–Kier alpha value is -3.03. The number of nitrogens with one attached hydrogen (secondary N) is 3. The van der Waals surface area contributed by atoms with Crippen LogP contribution in [0.2, 0.25) is 0 Å². The maximum Gasteiger partial charge on any atom is 0.317 e. The molecule has 8 heteroatoms. The van der Waals surface area contributed by atoms with Crippen molar-refractivity contribution in [1.82, 2.24) is 20.4 Å². The summed E-state index contributed by atoms with van der Waals surface area (Å²) in [5.41, 5.74) is 2.07. The molecular weight excluding hydrogens is 358 g/mol. The molecule has 8 nitrogen and oxygen atoms in total. The molecule has 1 aromatic carbocycles. The molecule has 3 N–H and O–H groups in total. The van der Waals surface area contributed by atoms with E-state index in [9.17, 15) is 9.59 Å². The van der Waals surface area contributed by atoms with Gasteiger partial charge in [0.15, 0.2) is 0 Å². The van der Waals surface area contributed by atoms with E-state index in [0.29, 0.717) is 29.6 Å². The number of H-pyrrole nitrogens is 1. The molecule has 0 radical (unpaired) electrons. The van der Waals surface area contributed by atoms with E-state index in [0.717, 1.165) is 37.9 Å². The van der Waals surface area contributed by atoms with Gasteiger partial charge in [0.2, 0.25) is 0 Å². The van der Waals surface area contributed by atoms with E-state index in [4.69, 9.17) is 4.74 Å². The summed E-state index contributed by atoms with van der Waals surface area (Å²) in [5, 5.41) is 13.1. The molecular formula is C20H25N5O3. The monoisotopic (exact) mass is 383 g/mol. The van der Waals surface area contributed by atoms with E-state index in [2.05, 4.69) is 20.8 Å². The van der Waals surface area contributed by atoms with Crippen molar-refractivity contribution in [1.29, 1.82) is 0 Å². The summed E-state index contributed by atoms with van der Waals surface area (Å²) in [6.45, 7) is 1.38. The fourth-order valence-corrected chi connectivity index (χ4v) is 3.53.